The topological polar surface area (TPSA) is 54.0 Å². The van der Waals surface area contributed by atoms with Gasteiger partial charge in [0.05, 0.1) is 25.6 Å². The Morgan fingerprint density at radius 2 is 1.79 bits per heavy atom. The molecular formula is C22H27N3O3. The molecule has 6 heteroatoms. The minimum absolute atomic E-state index is 0.188. The van der Waals surface area contributed by atoms with E-state index in [9.17, 15) is 4.79 Å². The molecule has 0 aromatic heterocycles. The number of nitrogens with one attached hydrogen (secondary N) is 1. The Morgan fingerprint density at radius 1 is 1.04 bits per heavy atom. The lowest BCUT2D eigenvalue weighted by Crippen LogP contribution is -2.44. The van der Waals surface area contributed by atoms with Crippen molar-refractivity contribution in [3.63, 3.8) is 0 Å². The van der Waals surface area contributed by atoms with E-state index in [2.05, 4.69) is 28.2 Å². The first-order valence-corrected chi connectivity index (χ1v) is 9.34. The van der Waals surface area contributed by atoms with E-state index in [0.29, 0.717) is 11.5 Å². The Labute approximate surface area is 166 Å². The van der Waals surface area contributed by atoms with Gasteiger partial charge in [0.15, 0.2) is 0 Å². The second-order valence-electron chi connectivity index (χ2n) is 6.74. The van der Waals surface area contributed by atoms with Gasteiger partial charge in [0.25, 0.3) is 0 Å². The molecule has 0 saturated carbocycles. The summed E-state index contributed by atoms with van der Waals surface area (Å²) in [7, 11) is 5.34. The molecule has 1 saturated heterocycles. The van der Waals surface area contributed by atoms with Gasteiger partial charge < -0.3 is 24.6 Å². The van der Waals surface area contributed by atoms with Crippen LogP contribution in [-0.4, -0.2) is 58.3 Å². The highest BCUT2D eigenvalue weighted by Gasteiger charge is 2.17. The van der Waals surface area contributed by atoms with Crippen molar-refractivity contribution in [2.24, 2.45) is 0 Å². The largest absolute Gasteiger partial charge is 0.497 e. The molecule has 1 amide bonds. The zero-order chi connectivity index (χ0) is 19.9. The number of carbonyl (C=O) groups is 1. The van der Waals surface area contributed by atoms with Gasteiger partial charge in [0, 0.05) is 37.8 Å². The Hall–Kier alpha value is -2.99. The van der Waals surface area contributed by atoms with E-state index in [1.807, 2.05) is 36.4 Å². The van der Waals surface area contributed by atoms with E-state index in [1.54, 1.807) is 20.3 Å². The Balaban J connectivity index is 1.73. The summed E-state index contributed by atoms with van der Waals surface area (Å²) in [6, 6.07) is 13.4. The number of benzene rings is 2. The number of nitrogens with zero attached hydrogens (tertiary/aromatic N) is 2. The van der Waals surface area contributed by atoms with Gasteiger partial charge in [-0.1, -0.05) is 12.1 Å². The second kappa shape index (κ2) is 9.28. The molecule has 0 aliphatic carbocycles. The number of anilines is 2. The molecule has 0 spiro atoms. The van der Waals surface area contributed by atoms with E-state index in [1.165, 1.54) is 6.08 Å². The van der Waals surface area contributed by atoms with Crippen LogP contribution in [0.5, 0.6) is 11.5 Å². The van der Waals surface area contributed by atoms with Gasteiger partial charge >= 0.3 is 0 Å². The first-order valence-electron chi connectivity index (χ1n) is 9.34. The third kappa shape index (κ3) is 4.84. The minimum atomic E-state index is -0.188. The number of para-hydroxylation sites is 2. The van der Waals surface area contributed by atoms with Crippen molar-refractivity contribution >= 4 is 23.4 Å². The van der Waals surface area contributed by atoms with Crippen molar-refractivity contribution < 1.29 is 14.3 Å². The summed E-state index contributed by atoms with van der Waals surface area (Å²) in [5, 5.41) is 3.00. The number of methoxy groups -OCH3 is 2. The van der Waals surface area contributed by atoms with Crippen molar-refractivity contribution in [3.05, 3.63) is 54.1 Å². The molecule has 1 heterocycles. The van der Waals surface area contributed by atoms with Crippen molar-refractivity contribution in [2.75, 3.05) is 57.7 Å². The van der Waals surface area contributed by atoms with Crippen LogP contribution in [0.4, 0.5) is 11.4 Å². The highest BCUT2D eigenvalue weighted by Crippen LogP contribution is 2.27. The van der Waals surface area contributed by atoms with Crippen LogP contribution in [0, 0.1) is 0 Å². The average molecular weight is 381 g/mol. The number of likely N-dealkylation sites (N-methyl/N-ethyl adjacent to an activating group) is 1. The summed E-state index contributed by atoms with van der Waals surface area (Å²) in [5.74, 6) is 1.20. The smallest absolute Gasteiger partial charge is 0.248 e. The molecule has 2 aromatic carbocycles. The summed E-state index contributed by atoms with van der Waals surface area (Å²) in [4.78, 5) is 17.1. The Morgan fingerprint density at radius 3 is 2.50 bits per heavy atom. The molecule has 1 N–H and O–H groups in total. The molecule has 0 radical (unpaired) electrons. The molecule has 3 rings (SSSR count). The molecule has 1 aliphatic rings. The maximum atomic E-state index is 12.5. The summed E-state index contributed by atoms with van der Waals surface area (Å²) >= 11 is 0. The third-order valence-electron chi connectivity index (χ3n) is 4.86. The van der Waals surface area contributed by atoms with Crippen molar-refractivity contribution in [1.82, 2.24) is 4.90 Å². The fraction of sp³-hybridized carbons (Fsp3) is 0.318. The van der Waals surface area contributed by atoms with Gasteiger partial charge in [-0.2, -0.15) is 0 Å². The van der Waals surface area contributed by atoms with Gasteiger partial charge in [-0.3, -0.25) is 4.79 Å². The predicted molar refractivity (Wildman–Crippen MR) is 113 cm³/mol. The minimum Gasteiger partial charge on any atom is -0.497 e. The molecule has 1 fully saturated rings. The number of carbonyl (C=O) groups excluding carboxylic acids is 1. The summed E-state index contributed by atoms with van der Waals surface area (Å²) < 4.78 is 10.6. The molecule has 0 bridgehead atoms. The molecule has 2 aromatic rings. The zero-order valence-electron chi connectivity index (χ0n) is 16.6. The van der Waals surface area contributed by atoms with Gasteiger partial charge in [0.1, 0.15) is 11.5 Å². The first kappa shape index (κ1) is 19.8. The Bertz CT molecular complexity index is 843. The van der Waals surface area contributed by atoms with Crippen LogP contribution in [0.15, 0.2) is 48.5 Å². The van der Waals surface area contributed by atoms with Crippen LogP contribution in [-0.2, 0) is 4.79 Å². The van der Waals surface area contributed by atoms with Gasteiger partial charge in [-0.15, -0.1) is 0 Å². The van der Waals surface area contributed by atoms with Crippen molar-refractivity contribution in [1.29, 1.82) is 0 Å². The van der Waals surface area contributed by atoms with E-state index < -0.39 is 0 Å². The summed E-state index contributed by atoms with van der Waals surface area (Å²) in [5.41, 5.74) is 2.65. The first-order chi connectivity index (χ1) is 13.6. The monoisotopic (exact) mass is 381 g/mol. The van der Waals surface area contributed by atoms with Crippen LogP contribution >= 0.6 is 0 Å². The van der Waals surface area contributed by atoms with Crippen molar-refractivity contribution in [3.8, 4) is 11.5 Å². The number of ether oxygens (including phenoxy) is 2. The van der Waals surface area contributed by atoms with Gasteiger partial charge in [-0.05, 0) is 43.5 Å². The number of hydrogen-bond donors (Lipinski definition) is 1. The lowest BCUT2D eigenvalue weighted by atomic mass is 10.1. The molecular weight excluding hydrogens is 354 g/mol. The second-order valence-corrected chi connectivity index (χ2v) is 6.74. The highest BCUT2D eigenvalue weighted by molar-refractivity contribution is 6.04. The van der Waals surface area contributed by atoms with E-state index in [0.717, 1.165) is 43.1 Å². The van der Waals surface area contributed by atoms with Crippen LogP contribution in [0.2, 0.25) is 0 Å². The number of hydrogen-bond acceptors (Lipinski definition) is 5. The SMILES string of the molecule is COc1ccc(OC)c(/C=C/C(=O)Nc2ccccc2N2CCN(C)CC2)c1. The number of rotatable bonds is 6. The Kier molecular flexibility index (Phi) is 6.55. The number of amides is 1. The van der Waals surface area contributed by atoms with Gasteiger partial charge in [-0.25, -0.2) is 0 Å². The molecule has 0 unspecified atom stereocenters. The molecule has 0 atom stereocenters. The fourth-order valence-electron chi connectivity index (χ4n) is 3.21. The van der Waals surface area contributed by atoms with Crippen LogP contribution in [0.1, 0.15) is 5.56 Å². The van der Waals surface area contributed by atoms with Gasteiger partial charge in [0.2, 0.25) is 5.91 Å². The maximum absolute atomic E-state index is 12.5. The highest BCUT2D eigenvalue weighted by atomic mass is 16.5. The molecule has 28 heavy (non-hydrogen) atoms. The normalized spacial score (nSPS) is 14.9. The van der Waals surface area contributed by atoms with E-state index in [4.69, 9.17) is 9.47 Å². The quantitative estimate of drug-likeness (QED) is 0.780. The molecule has 6 nitrogen and oxygen atoms in total. The summed E-state index contributed by atoms with van der Waals surface area (Å²) in [6.07, 6.45) is 3.24. The van der Waals surface area contributed by atoms with Crippen LogP contribution < -0.4 is 19.7 Å². The third-order valence-corrected chi connectivity index (χ3v) is 4.86. The maximum Gasteiger partial charge on any atom is 0.248 e. The molecule has 148 valence electrons. The lowest BCUT2D eigenvalue weighted by Gasteiger charge is -2.35. The lowest BCUT2D eigenvalue weighted by molar-refractivity contribution is -0.111. The fourth-order valence-corrected chi connectivity index (χ4v) is 3.21. The number of piperazine rings is 1. The van der Waals surface area contributed by atoms with E-state index >= 15 is 0 Å². The average Bonchev–Trinajstić information content (AvgIpc) is 2.73. The van der Waals surface area contributed by atoms with Crippen molar-refractivity contribution in [2.45, 2.75) is 0 Å². The predicted octanol–water partition coefficient (Wildman–Crippen LogP) is 3.11. The standard InChI is InChI=1S/C22H27N3O3/c1-24-12-14-25(15-13-24)20-7-5-4-6-19(20)23-22(26)11-8-17-16-18(27-2)9-10-21(17)28-3/h4-11,16H,12-15H2,1-3H3,(H,23,26)/b11-8+. The van der Waals surface area contributed by atoms with E-state index in [-0.39, 0.29) is 5.91 Å². The van der Waals surface area contributed by atoms with Crippen LogP contribution in [0.25, 0.3) is 6.08 Å². The summed E-state index contributed by atoms with van der Waals surface area (Å²) in [6.45, 7) is 3.91. The molecule has 1 aliphatic heterocycles. The van der Waals surface area contributed by atoms with Crippen LogP contribution in [0.3, 0.4) is 0 Å². The zero-order valence-corrected chi connectivity index (χ0v) is 16.6.